The van der Waals surface area contributed by atoms with Gasteiger partial charge in [-0.15, -0.1) is 0 Å². The van der Waals surface area contributed by atoms with Gasteiger partial charge in [0.15, 0.2) is 0 Å². The van der Waals surface area contributed by atoms with Gasteiger partial charge in [0.1, 0.15) is 12.3 Å². The molecule has 0 radical (unpaired) electrons. The predicted octanol–water partition coefficient (Wildman–Crippen LogP) is 1.95. The van der Waals surface area contributed by atoms with Crippen LogP contribution in [0.4, 0.5) is 0 Å². The molecule has 0 fully saturated rings. The molecule has 0 saturated heterocycles. The van der Waals surface area contributed by atoms with Crippen LogP contribution in [0.3, 0.4) is 0 Å². The first-order valence-corrected chi connectivity index (χ1v) is 4.73. The number of nitrogens with zero attached hydrogens (tertiary/aromatic N) is 2. The lowest BCUT2D eigenvalue weighted by atomic mass is 10.1. The highest BCUT2D eigenvalue weighted by atomic mass is 16.5. The maximum Gasteiger partial charge on any atom is 0.236 e. The summed E-state index contributed by atoms with van der Waals surface area (Å²) in [7, 11) is 0. The third-order valence-corrected chi connectivity index (χ3v) is 2.07. The molecule has 2 rings (SSSR count). The van der Waals surface area contributed by atoms with E-state index >= 15 is 0 Å². The van der Waals surface area contributed by atoms with E-state index in [1.54, 1.807) is 0 Å². The van der Waals surface area contributed by atoms with Crippen molar-refractivity contribution in [1.29, 1.82) is 0 Å². The molecule has 0 N–H and O–H groups in total. The third kappa shape index (κ3) is 1.76. The van der Waals surface area contributed by atoms with E-state index in [9.17, 15) is 0 Å². The molecule has 0 amide bonds. The molecule has 0 atom stereocenters. The Balaban J connectivity index is 2.33. The smallest absolute Gasteiger partial charge is 0.236 e. The van der Waals surface area contributed by atoms with Crippen LogP contribution in [0.15, 0.2) is 23.2 Å². The SMILES string of the molecule is Cc1cccc(C2=NC(C)(C)CO2)n1. The summed E-state index contributed by atoms with van der Waals surface area (Å²) in [5.41, 5.74) is 1.70. The van der Waals surface area contributed by atoms with E-state index in [2.05, 4.69) is 23.8 Å². The zero-order valence-corrected chi connectivity index (χ0v) is 8.74. The molecule has 0 bridgehead atoms. The van der Waals surface area contributed by atoms with Gasteiger partial charge in [-0.1, -0.05) is 6.07 Å². The van der Waals surface area contributed by atoms with Crippen molar-refractivity contribution in [2.45, 2.75) is 26.3 Å². The second kappa shape index (κ2) is 3.08. The monoisotopic (exact) mass is 190 g/mol. The Morgan fingerprint density at radius 2 is 2.14 bits per heavy atom. The number of hydrogen-bond acceptors (Lipinski definition) is 3. The summed E-state index contributed by atoms with van der Waals surface area (Å²) >= 11 is 0. The van der Waals surface area contributed by atoms with E-state index in [1.165, 1.54) is 0 Å². The van der Waals surface area contributed by atoms with Crippen LogP contribution in [0.25, 0.3) is 0 Å². The molecule has 0 aromatic carbocycles. The number of pyridine rings is 1. The van der Waals surface area contributed by atoms with Crippen LogP contribution in [0, 0.1) is 6.92 Å². The quantitative estimate of drug-likeness (QED) is 0.678. The molecule has 1 aromatic heterocycles. The van der Waals surface area contributed by atoms with Crippen molar-refractivity contribution in [1.82, 2.24) is 4.98 Å². The third-order valence-electron chi connectivity index (χ3n) is 2.07. The molecule has 3 nitrogen and oxygen atoms in total. The molecule has 0 spiro atoms. The molecule has 2 heterocycles. The van der Waals surface area contributed by atoms with Gasteiger partial charge < -0.3 is 4.74 Å². The van der Waals surface area contributed by atoms with E-state index in [1.807, 2.05) is 25.1 Å². The average Bonchev–Trinajstić information content (AvgIpc) is 2.46. The van der Waals surface area contributed by atoms with E-state index in [0.29, 0.717) is 12.5 Å². The zero-order chi connectivity index (χ0) is 10.2. The van der Waals surface area contributed by atoms with Crippen molar-refractivity contribution in [3.8, 4) is 0 Å². The fourth-order valence-electron chi connectivity index (χ4n) is 1.38. The van der Waals surface area contributed by atoms with Gasteiger partial charge in [0.05, 0.1) is 5.54 Å². The Hall–Kier alpha value is -1.38. The van der Waals surface area contributed by atoms with Crippen LogP contribution in [-0.2, 0) is 4.74 Å². The fraction of sp³-hybridized carbons (Fsp3) is 0.455. The number of aromatic nitrogens is 1. The molecule has 74 valence electrons. The van der Waals surface area contributed by atoms with Gasteiger partial charge in [0.25, 0.3) is 0 Å². The molecule has 1 aliphatic rings. The molecule has 0 unspecified atom stereocenters. The zero-order valence-electron chi connectivity index (χ0n) is 8.74. The number of aliphatic imine (C=N–C) groups is 1. The van der Waals surface area contributed by atoms with Gasteiger partial charge >= 0.3 is 0 Å². The number of aryl methyl sites for hydroxylation is 1. The van der Waals surface area contributed by atoms with Gasteiger partial charge in [-0.3, -0.25) is 0 Å². The molecular weight excluding hydrogens is 176 g/mol. The molecule has 1 aliphatic heterocycles. The van der Waals surface area contributed by atoms with Crippen LogP contribution in [0.2, 0.25) is 0 Å². The lowest BCUT2D eigenvalue weighted by Gasteiger charge is -2.07. The predicted molar refractivity (Wildman–Crippen MR) is 55.5 cm³/mol. The molecule has 1 aromatic rings. The summed E-state index contributed by atoms with van der Waals surface area (Å²) in [5, 5.41) is 0. The maximum atomic E-state index is 5.50. The second-order valence-electron chi connectivity index (χ2n) is 4.18. The van der Waals surface area contributed by atoms with Crippen LogP contribution < -0.4 is 0 Å². The minimum Gasteiger partial charge on any atom is -0.474 e. The van der Waals surface area contributed by atoms with E-state index in [-0.39, 0.29) is 5.54 Å². The average molecular weight is 190 g/mol. The van der Waals surface area contributed by atoms with E-state index < -0.39 is 0 Å². The van der Waals surface area contributed by atoms with Crippen molar-refractivity contribution in [3.63, 3.8) is 0 Å². The summed E-state index contributed by atoms with van der Waals surface area (Å²) in [4.78, 5) is 8.83. The fourth-order valence-corrected chi connectivity index (χ4v) is 1.38. The van der Waals surface area contributed by atoms with Crippen LogP contribution in [0.1, 0.15) is 25.2 Å². The molecular formula is C11H14N2O. The van der Waals surface area contributed by atoms with Crippen LogP contribution in [0.5, 0.6) is 0 Å². The highest BCUT2D eigenvalue weighted by Crippen LogP contribution is 2.19. The first-order valence-electron chi connectivity index (χ1n) is 4.73. The summed E-state index contributed by atoms with van der Waals surface area (Å²) in [6, 6.07) is 5.85. The lowest BCUT2D eigenvalue weighted by molar-refractivity contribution is 0.279. The Labute approximate surface area is 83.8 Å². The van der Waals surface area contributed by atoms with Gasteiger partial charge in [-0.2, -0.15) is 0 Å². The summed E-state index contributed by atoms with van der Waals surface area (Å²) in [6.07, 6.45) is 0. The summed E-state index contributed by atoms with van der Waals surface area (Å²) < 4.78 is 5.50. The normalized spacial score (nSPS) is 18.9. The Kier molecular flexibility index (Phi) is 2.02. The summed E-state index contributed by atoms with van der Waals surface area (Å²) in [6.45, 7) is 6.70. The van der Waals surface area contributed by atoms with Crippen molar-refractivity contribution in [3.05, 3.63) is 29.6 Å². The Bertz CT molecular complexity index is 383. The van der Waals surface area contributed by atoms with Crippen molar-refractivity contribution >= 4 is 5.90 Å². The molecule has 3 heteroatoms. The minimum absolute atomic E-state index is 0.110. The summed E-state index contributed by atoms with van der Waals surface area (Å²) in [5.74, 6) is 0.665. The highest BCUT2D eigenvalue weighted by molar-refractivity contribution is 5.93. The van der Waals surface area contributed by atoms with Crippen LogP contribution in [-0.4, -0.2) is 23.0 Å². The van der Waals surface area contributed by atoms with Gasteiger partial charge in [0, 0.05) is 5.69 Å². The first-order chi connectivity index (χ1) is 6.57. The second-order valence-corrected chi connectivity index (χ2v) is 4.18. The maximum absolute atomic E-state index is 5.50. The van der Waals surface area contributed by atoms with Crippen molar-refractivity contribution in [2.24, 2.45) is 4.99 Å². The van der Waals surface area contributed by atoms with Gasteiger partial charge in [-0.25, -0.2) is 9.98 Å². The number of hydrogen-bond donors (Lipinski definition) is 0. The largest absolute Gasteiger partial charge is 0.474 e. The topological polar surface area (TPSA) is 34.5 Å². The van der Waals surface area contributed by atoms with E-state index in [4.69, 9.17) is 4.74 Å². The van der Waals surface area contributed by atoms with Crippen LogP contribution >= 0.6 is 0 Å². The Morgan fingerprint density at radius 1 is 1.36 bits per heavy atom. The number of ether oxygens (including phenoxy) is 1. The Morgan fingerprint density at radius 3 is 2.71 bits per heavy atom. The van der Waals surface area contributed by atoms with Crippen molar-refractivity contribution in [2.75, 3.05) is 6.61 Å². The number of rotatable bonds is 1. The molecule has 0 aliphatic carbocycles. The van der Waals surface area contributed by atoms with Gasteiger partial charge in [-0.05, 0) is 32.9 Å². The standard InChI is InChI=1S/C11H14N2O/c1-8-5-4-6-9(12-8)10-13-11(2,3)7-14-10/h4-6H,7H2,1-3H3. The van der Waals surface area contributed by atoms with Gasteiger partial charge in [0.2, 0.25) is 5.90 Å². The minimum atomic E-state index is -0.110. The van der Waals surface area contributed by atoms with Crippen molar-refractivity contribution < 1.29 is 4.74 Å². The molecule has 0 saturated carbocycles. The first kappa shape index (κ1) is 9.19. The van der Waals surface area contributed by atoms with E-state index in [0.717, 1.165) is 11.4 Å². The lowest BCUT2D eigenvalue weighted by Crippen LogP contribution is -2.17. The molecule has 14 heavy (non-hydrogen) atoms. The highest BCUT2D eigenvalue weighted by Gasteiger charge is 2.27.